The molecule has 3 fully saturated rings. The number of halogens is 1. The molecular weight excluding hydrogens is 734 g/mol. The van der Waals surface area contributed by atoms with E-state index in [1.165, 1.54) is 0 Å². The molecule has 16 heteroatoms. The zero-order valence-electron chi connectivity index (χ0n) is 28.0. The van der Waals surface area contributed by atoms with E-state index in [-0.39, 0.29) is 37.4 Å². The maximum Gasteiger partial charge on any atom is 0.264 e. The zero-order valence-corrected chi connectivity index (χ0v) is 30.6. The highest BCUT2D eigenvalue weighted by Crippen LogP contribution is 2.60. The van der Waals surface area contributed by atoms with Crippen LogP contribution < -0.4 is 10.2 Å². The van der Waals surface area contributed by atoms with E-state index in [9.17, 15) is 44.7 Å². The molecule has 7 N–H and O–H groups in total. The maximum atomic E-state index is 14.7. The topological polar surface area (TPSA) is 210 Å². The number of anilines is 2. The van der Waals surface area contributed by atoms with Crippen molar-refractivity contribution in [1.29, 1.82) is 0 Å². The molecule has 0 saturated carbocycles. The van der Waals surface area contributed by atoms with Gasteiger partial charge in [-0.15, -0.1) is 0 Å². The highest BCUT2D eigenvalue weighted by Gasteiger charge is 2.66. The van der Waals surface area contributed by atoms with Gasteiger partial charge in [0.25, 0.3) is 11.8 Å². The largest absolute Gasteiger partial charge is 0.432 e. The lowest BCUT2D eigenvalue weighted by molar-refractivity contribution is -0.274. The van der Waals surface area contributed by atoms with Crippen molar-refractivity contribution in [3.05, 3.63) is 58.1 Å². The first-order valence-corrected chi connectivity index (χ1v) is 20.6. The standard InChI is InChI=1S/C34H44BrN3O11Si/c1-17-30(50(2,3)47)24(14-25(40)37-12-4-5-21(37)16-39)49-34(17)22-13-19(35)8-11-23(22)38(33(34)46)15-18-6-9-20(10-7-18)36-31(44)29-27(42)26(41)28(43)32(45)48-29/h6-11,13,17,21,24,26-30,32,39,41-43,45,47H,4-5,12,14-16H2,1-3H3,(H,36,44)/t17-,21+,24+,26+,27+,28-,29+,30-,32-,34+/m1/s1. The van der Waals surface area contributed by atoms with Gasteiger partial charge in [-0.3, -0.25) is 14.4 Å². The fourth-order valence-corrected chi connectivity index (χ4v) is 11.1. The number of carbonyl (C=O) groups is 3. The lowest BCUT2D eigenvalue weighted by Crippen LogP contribution is -2.60. The van der Waals surface area contributed by atoms with Crippen molar-refractivity contribution in [3.8, 4) is 0 Å². The minimum absolute atomic E-state index is 0.0184. The van der Waals surface area contributed by atoms with Gasteiger partial charge in [0.15, 0.2) is 26.3 Å². The smallest absolute Gasteiger partial charge is 0.264 e. The number of hydrogen-bond donors (Lipinski definition) is 7. The zero-order chi connectivity index (χ0) is 36.3. The minimum Gasteiger partial charge on any atom is -0.432 e. The summed E-state index contributed by atoms with van der Waals surface area (Å²) < 4.78 is 12.5. The molecule has 4 aliphatic rings. The SMILES string of the molecule is C[C@@H]1[C@@H]([Si](C)(C)O)[C@H](CC(=O)N2CCC[C@H]2CO)O[C@@]12C(=O)N(Cc1ccc(NC(=O)[C@H]3O[C@@H](O)[C@H](O)[C@@H](O)[C@@H]3O)cc1)c1ccc(Br)cc12. The summed E-state index contributed by atoms with van der Waals surface area (Å²) in [4.78, 5) is 55.9. The number of nitrogens with one attached hydrogen (secondary N) is 1. The Morgan fingerprint density at radius 2 is 1.76 bits per heavy atom. The predicted octanol–water partition coefficient (Wildman–Crippen LogP) is 0.906. The molecule has 2 aromatic rings. The minimum atomic E-state index is -3.01. The van der Waals surface area contributed by atoms with Gasteiger partial charge < -0.3 is 54.9 Å². The van der Waals surface area contributed by atoms with Crippen LogP contribution in [0.3, 0.4) is 0 Å². The molecule has 4 aliphatic heterocycles. The summed E-state index contributed by atoms with van der Waals surface area (Å²) in [6.07, 6.45) is -8.03. The summed E-state index contributed by atoms with van der Waals surface area (Å²) in [6.45, 7) is 6.06. The van der Waals surface area contributed by atoms with Crippen LogP contribution in [0.15, 0.2) is 46.9 Å². The van der Waals surface area contributed by atoms with Gasteiger partial charge in [-0.25, -0.2) is 0 Å². The lowest BCUT2D eigenvalue weighted by atomic mass is 9.82. The molecule has 3 saturated heterocycles. The summed E-state index contributed by atoms with van der Waals surface area (Å²) in [6, 6.07) is 11.9. The molecule has 4 heterocycles. The van der Waals surface area contributed by atoms with Crippen molar-refractivity contribution in [3.63, 3.8) is 0 Å². The van der Waals surface area contributed by atoms with Crippen molar-refractivity contribution in [2.75, 3.05) is 23.4 Å². The third-order valence-electron chi connectivity index (χ3n) is 10.6. The number of amides is 3. The van der Waals surface area contributed by atoms with Crippen molar-refractivity contribution in [2.24, 2.45) is 5.92 Å². The van der Waals surface area contributed by atoms with E-state index >= 15 is 0 Å². The molecule has 0 bridgehead atoms. The van der Waals surface area contributed by atoms with Gasteiger partial charge in [0.05, 0.1) is 37.4 Å². The summed E-state index contributed by atoms with van der Waals surface area (Å²) in [5, 5.41) is 52.0. The molecule has 14 nitrogen and oxygen atoms in total. The van der Waals surface area contributed by atoms with E-state index in [1.807, 2.05) is 25.1 Å². The van der Waals surface area contributed by atoms with Gasteiger partial charge in [-0.2, -0.15) is 0 Å². The molecule has 272 valence electrons. The van der Waals surface area contributed by atoms with Gasteiger partial charge in [0.2, 0.25) is 5.91 Å². The normalized spacial score (nSPS) is 34.0. The maximum absolute atomic E-state index is 14.7. The predicted molar refractivity (Wildman–Crippen MR) is 185 cm³/mol. The summed E-state index contributed by atoms with van der Waals surface area (Å²) in [7, 11) is -3.01. The van der Waals surface area contributed by atoms with Crippen LogP contribution in [0.5, 0.6) is 0 Å². The van der Waals surface area contributed by atoms with Gasteiger partial charge >= 0.3 is 0 Å². The summed E-state index contributed by atoms with van der Waals surface area (Å²) >= 11 is 3.55. The number of carbonyl (C=O) groups excluding carboxylic acids is 3. The number of rotatable bonds is 8. The Balaban J connectivity index is 1.24. The number of ether oxygens (including phenoxy) is 2. The van der Waals surface area contributed by atoms with E-state index in [2.05, 4.69) is 21.2 Å². The first kappa shape index (κ1) is 37.0. The Hall–Kier alpha value is -2.77. The fraction of sp³-hybridized carbons (Fsp3) is 0.559. The molecule has 1 spiro atoms. The average Bonchev–Trinajstić information content (AvgIpc) is 3.73. The van der Waals surface area contributed by atoms with E-state index in [4.69, 9.17) is 9.47 Å². The fourth-order valence-electron chi connectivity index (χ4n) is 8.22. The van der Waals surface area contributed by atoms with Gasteiger partial charge in [-0.05, 0) is 61.8 Å². The Bertz CT molecular complexity index is 1630. The van der Waals surface area contributed by atoms with Crippen molar-refractivity contribution < 1.29 is 54.2 Å². The Morgan fingerprint density at radius 1 is 1.06 bits per heavy atom. The summed E-state index contributed by atoms with van der Waals surface area (Å²) in [5.74, 6) is -1.80. The lowest BCUT2D eigenvalue weighted by Gasteiger charge is -2.37. The number of hydrogen-bond acceptors (Lipinski definition) is 11. The number of aliphatic hydroxyl groups is 5. The van der Waals surface area contributed by atoms with Crippen LogP contribution in [-0.4, -0.2) is 117 Å². The Labute approximate surface area is 298 Å². The Kier molecular flexibility index (Phi) is 10.3. The quantitative estimate of drug-likeness (QED) is 0.188. The van der Waals surface area contributed by atoms with E-state index < -0.39 is 68.1 Å². The molecular formula is C34H44BrN3O11Si. The van der Waals surface area contributed by atoms with E-state index in [0.717, 1.165) is 17.3 Å². The van der Waals surface area contributed by atoms with Crippen molar-refractivity contribution >= 4 is 53.3 Å². The number of likely N-dealkylation sites (tertiary alicyclic amines) is 1. The van der Waals surface area contributed by atoms with Crippen LogP contribution in [-0.2, 0) is 36.0 Å². The number of aliphatic hydroxyl groups excluding tert-OH is 5. The molecule has 0 unspecified atom stereocenters. The van der Waals surface area contributed by atoms with Crippen molar-refractivity contribution in [1.82, 2.24) is 4.90 Å². The van der Waals surface area contributed by atoms with E-state index in [0.29, 0.717) is 29.0 Å². The highest BCUT2D eigenvalue weighted by atomic mass is 79.9. The molecule has 0 radical (unpaired) electrons. The number of nitrogens with zero attached hydrogens (tertiary/aromatic N) is 2. The third kappa shape index (κ3) is 6.44. The van der Waals surface area contributed by atoms with Gasteiger partial charge in [-0.1, -0.05) is 35.0 Å². The molecule has 3 amide bonds. The Morgan fingerprint density at radius 3 is 2.42 bits per heavy atom. The van der Waals surface area contributed by atoms with Crippen LogP contribution in [0.25, 0.3) is 0 Å². The van der Waals surface area contributed by atoms with Gasteiger partial charge in [0.1, 0.15) is 18.3 Å². The second kappa shape index (κ2) is 14.0. The van der Waals surface area contributed by atoms with Crippen LogP contribution in [0.4, 0.5) is 11.4 Å². The highest BCUT2D eigenvalue weighted by molar-refractivity contribution is 9.10. The molecule has 6 rings (SSSR count). The molecule has 0 aliphatic carbocycles. The van der Waals surface area contributed by atoms with Crippen LogP contribution >= 0.6 is 15.9 Å². The second-order valence-corrected chi connectivity index (χ2v) is 19.2. The van der Waals surface area contributed by atoms with Crippen LogP contribution in [0.1, 0.15) is 37.3 Å². The summed E-state index contributed by atoms with van der Waals surface area (Å²) in [5.41, 5.74) is 0.394. The van der Waals surface area contributed by atoms with Crippen LogP contribution in [0.2, 0.25) is 18.6 Å². The van der Waals surface area contributed by atoms with Gasteiger partial charge in [0, 0.05) is 33.7 Å². The third-order valence-corrected chi connectivity index (χ3v) is 13.6. The molecule has 2 aromatic carbocycles. The van der Waals surface area contributed by atoms with Crippen LogP contribution in [0, 0.1) is 5.92 Å². The molecule has 10 atom stereocenters. The monoisotopic (exact) mass is 777 g/mol. The number of fused-ring (bicyclic) bond motifs is 2. The number of benzene rings is 2. The first-order valence-electron chi connectivity index (χ1n) is 16.8. The molecule has 50 heavy (non-hydrogen) atoms. The average molecular weight is 779 g/mol. The first-order chi connectivity index (χ1) is 23.6. The van der Waals surface area contributed by atoms with E-state index in [1.54, 1.807) is 47.2 Å². The van der Waals surface area contributed by atoms with Crippen molar-refractivity contribution in [2.45, 2.75) is 99.8 Å². The second-order valence-electron chi connectivity index (χ2n) is 14.3. The molecule has 0 aromatic heterocycles.